The molecule has 2 heterocycles. The number of carbonyl (C=O) groups is 1. The third kappa shape index (κ3) is 7.63. The smallest absolute Gasteiger partial charge is 0.255 e. The van der Waals surface area contributed by atoms with Crippen LogP contribution < -0.4 is 24.8 Å². The van der Waals surface area contributed by atoms with E-state index in [-0.39, 0.29) is 12.5 Å². The molecule has 1 aliphatic heterocycles. The first kappa shape index (κ1) is 34.5. The Morgan fingerprint density at radius 3 is 2.41 bits per heavy atom. The molecule has 49 heavy (non-hydrogen) atoms. The van der Waals surface area contributed by atoms with Crippen LogP contribution in [0, 0.1) is 0 Å². The number of aromatic nitrogens is 3. The molecule has 0 radical (unpaired) electrons. The van der Waals surface area contributed by atoms with Crippen molar-refractivity contribution in [3.8, 4) is 17.2 Å². The summed E-state index contributed by atoms with van der Waals surface area (Å²) < 4.78 is 19.4. The van der Waals surface area contributed by atoms with Crippen LogP contribution in [0.3, 0.4) is 0 Å². The topological polar surface area (TPSA) is 99.5 Å². The average Bonchev–Trinajstić information content (AvgIpc) is 3.50. The maximum Gasteiger partial charge on any atom is 0.255 e. The van der Waals surface area contributed by atoms with Crippen LogP contribution in [0.15, 0.2) is 101 Å². The molecule has 0 aliphatic carbocycles. The Hall–Kier alpha value is -4.35. The van der Waals surface area contributed by atoms with E-state index >= 15 is 0 Å². The number of methoxy groups -OCH3 is 1. The summed E-state index contributed by atoms with van der Waals surface area (Å²) >= 11 is 20.6. The molecule has 1 aliphatic rings. The largest absolute Gasteiger partial charge is 0.493 e. The molecular formula is C36H32Cl3N5O4S. The van der Waals surface area contributed by atoms with Crippen molar-refractivity contribution in [3.05, 3.63) is 128 Å². The van der Waals surface area contributed by atoms with Crippen LogP contribution in [0.2, 0.25) is 15.1 Å². The fourth-order valence-electron chi connectivity index (χ4n) is 5.39. The lowest BCUT2D eigenvalue weighted by Gasteiger charge is -2.29. The molecule has 13 heteroatoms. The number of allylic oxidation sites excluding steroid dienone is 1. The molecule has 9 nitrogen and oxygen atoms in total. The number of fused-ring (bicyclic) bond motifs is 1. The lowest BCUT2D eigenvalue weighted by Crippen LogP contribution is -2.31. The quantitative estimate of drug-likeness (QED) is 0.122. The summed E-state index contributed by atoms with van der Waals surface area (Å²) in [7, 11) is 1.56. The predicted octanol–water partition coefficient (Wildman–Crippen LogP) is 9.44. The third-order valence-corrected chi connectivity index (χ3v) is 9.73. The second kappa shape index (κ2) is 15.5. The number of halogens is 3. The van der Waals surface area contributed by atoms with E-state index in [0.29, 0.717) is 78.3 Å². The molecule has 0 saturated carbocycles. The zero-order valence-corrected chi connectivity index (χ0v) is 29.9. The van der Waals surface area contributed by atoms with Gasteiger partial charge in [-0.15, -0.1) is 5.10 Å². The summed E-state index contributed by atoms with van der Waals surface area (Å²) in [6.45, 7) is 4.32. The number of benzene rings is 4. The molecule has 0 spiro atoms. The molecule has 0 bridgehead atoms. The molecule has 5 aromatic rings. The summed E-state index contributed by atoms with van der Waals surface area (Å²) in [5, 5.41) is 13.4. The Kier molecular flexibility index (Phi) is 10.9. The number of hydrogen-bond acceptors (Lipinski definition) is 8. The number of hydrogen-bond donors (Lipinski definition) is 2. The number of ether oxygens (including phenoxy) is 3. The van der Waals surface area contributed by atoms with E-state index in [0.717, 1.165) is 11.1 Å². The fraction of sp³-hybridized carbons (Fsp3) is 0.194. The van der Waals surface area contributed by atoms with Gasteiger partial charge in [-0.3, -0.25) is 4.79 Å². The van der Waals surface area contributed by atoms with E-state index in [2.05, 4.69) is 10.6 Å². The summed E-state index contributed by atoms with van der Waals surface area (Å²) in [5.74, 6) is 2.22. The van der Waals surface area contributed by atoms with Crippen molar-refractivity contribution in [1.29, 1.82) is 0 Å². The van der Waals surface area contributed by atoms with Gasteiger partial charge in [0.05, 0.1) is 25.0 Å². The lowest BCUT2D eigenvalue weighted by atomic mass is 9.94. The van der Waals surface area contributed by atoms with Gasteiger partial charge in [-0.25, -0.2) is 4.68 Å². The maximum absolute atomic E-state index is 14.2. The zero-order chi connectivity index (χ0) is 34.5. The second-order valence-electron chi connectivity index (χ2n) is 10.9. The van der Waals surface area contributed by atoms with Gasteiger partial charge >= 0.3 is 0 Å². The van der Waals surface area contributed by atoms with Crippen LogP contribution in [0.1, 0.15) is 36.6 Å². The second-order valence-corrected chi connectivity index (χ2v) is 13.1. The highest BCUT2D eigenvalue weighted by molar-refractivity contribution is 7.98. The molecular weight excluding hydrogens is 705 g/mol. The van der Waals surface area contributed by atoms with Gasteiger partial charge in [-0.05, 0) is 67.4 Å². The highest BCUT2D eigenvalue weighted by atomic mass is 35.5. The Balaban J connectivity index is 1.36. The number of thioether (sulfide) groups is 1. The number of nitrogens with one attached hydrogen (secondary N) is 2. The van der Waals surface area contributed by atoms with E-state index in [4.69, 9.17) is 59.1 Å². The van der Waals surface area contributed by atoms with Crippen LogP contribution in [-0.2, 0) is 17.2 Å². The first-order valence-electron chi connectivity index (χ1n) is 15.3. The van der Waals surface area contributed by atoms with Crippen molar-refractivity contribution >= 4 is 64.1 Å². The molecule has 1 aromatic heterocycles. The number of carbonyl (C=O) groups excluding carboxylic acids is 1. The molecule has 0 saturated heterocycles. The molecule has 1 amide bonds. The molecule has 1 unspecified atom stereocenters. The van der Waals surface area contributed by atoms with Crippen LogP contribution in [0.5, 0.6) is 17.2 Å². The summed E-state index contributed by atoms with van der Waals surface area (Å²) in [4.78, 5) is 19.0. The predicted molar refractivity (Wildman–Crippen MR) is 196 cm³/mol. The van der Waals surface area contributed by atoms with Crippen molar-refractivity contribution in [1.82, 2.24) is 14.8 Å². The number of nitrogens with zero attached hydrogens (tertiary/aromatic N) is 3. The number of anilines is 2. The average molecular weight is 737 g/mol. The van der Waals surface area contributed by atoms with E-state index in [1.165, 1.54) is 11.8 Å². The minimum Gasteiger partial charge on any atom is -0.493 e. The third-order valence-electron chi connectivity index (χ3n) is 7.76. The number of para-hydroxylation sites is 2. The lowest BCUT2D eigenvalue weighted by molar-refractivity contribution is -0.113. The molecule has 0 fully saturated rings. The minimum absolute atomic E-state index is 0.132. The van der Waals surface area contributed by atoms with Gasteiger partial charge < -0.3 is 24.8 Å². The van der Waals surface area contributed by atoms with E-state index in [9.17, 15) is 4.79 Å². The molecule has 2 N–H and O–H groups in total. The minimum atomic E-state index is -0.682. The standard InChI is InChI=1S/C36H32Cl3N5O4S/c1-4-47-29-15-8-7-14-28(29)41-34(45)32-21(2)40-35-42-36(49-20-23-10-5-6-11-25(23)37)43-44(35)33(32)22-16-17-30(31(18-22)46-3)48-19-24-26(38)12-9-13-27(24)39/h5-18,33H,4,19-20H2,1-3H3,(H,41,45)(H,40,42,43). The van der Waals surface area contributed by atoms with E-state index in [1.807, 2.05) is 68.4 Å². The van der Waals surface area contributed by atoms with Gasteiger partial charge in [-0.1, -0.05) is 89.0 Å². The van der Waals surface area contributed by atoms with Gasteiger partial charge in [-0.2, -0.15) is 4.98 Å². The zero-order valence-electron chi connectivity index (χ0n) is 26.8. The number of amides is 1. The highest BCUT2D eigenvalue weighted by Crippen LogP contribution is 2.41. The van der Waals surface area contributed by atoms with Crippen LogP contribution in [0.4, 0.5) is 11.6 Å². The van der Waals surface area contributed by atoms with E-state index in [1.54, 1.807) is 42.1 Å². The van der Waals surface area contributed by atoms with Gasteiger partial charge in [0.15, 0.2) is 11.5 Å². The normalized spacial score (nSPS) is 13.8. The Bertz CT molecular complexity index is 2020. The molecule has 4 aromatic carbocycles. The van der Waals surface area contributed by atoms with Gasteiger partial charge in [0, 0.05) is 32.1 Å². The summed E-state index contributed by atoms with van der Waals surface area (Å²) in [6, 6.07) is 25.1. The van der Waals surface area contributed by atoms with Crippen molar-refractivity contribution in [2.45, 2.75) is 37.4 Å². The summed E-state index contributed by atoms with van der Waals surface area (Å²) in [5.41, 5.74) is 3.95. The first-order valence-corrected chi connectivity index (χ1v) is 17.5. The Morgan fingerprint density at radius 1 is 0.918 bits per heavy atom. The molecule has 1 atom stereocenters. The maximum atomic E-state index is 14.2. The molecule has 6 rings (SSSR count). The Morgan fingerprint density at radius 2 is 1.65 bits per heavy atom. The van der Waals surface area contributed by atoms with Crippen LogP contribution in [0.25, 0.3) is 0 Å². The molecule has 252 valence electrons. The van der Waals surface area contributed by atoms with Crippen LogP contribution >= 0.6 is 46.6 Å². The Labute approximate surface area is 303 Å². The fourth-order valence-corrected chi connectivity index (χ4v) is 7.01. The van der Waals surface area contributed by atoms with Gasteiger partial charge in [0.2, 0.25) is 11.1 Å². The van der Waals surface area contributed by atoms with Crippen molar-refractivity contribution in [2.75, 3.05) is 24.4 Å². The van der Waals surface area contributed by atoms with Gasteiger partial charge in [0.1, 0.15) is 18.4 Å². The number of rotatable bonds is 12. The van der Waals surface area contributed by atoms with Crippen molar-refractivity contribution in [2.24, 2.45) is 0 Å². The van der Waals surface area contributed by atoms with E-state index < -0.39 is 6.04 Å². The van der Waals surface area contributed by atoms with Crippen molar-refractivity contribution < 1.29 is 19.0 Å². The van der Waals surface area contributed by atoms with Gasteiger partial charge in [0.25, 0.3) is 5.91 Å². The van der Waals surface area contributed by atoms with Crippen molar-refractivity contribution in [3.63, 3.8) is 0 Å². The first-order chi connectivity index (χ1) is 23.8. The monoisotopic (exact) mass is 735 g/mol. The highest BCUT2D eigenvalue weighted by Gasteiger charge is 2.35. The summed E-state index contributed by atoms with van der Waals surface area (Å²) in [6.07, 6.45) is 0. The van der Waals surface area contributed by atoms with Crippen LogP contribution in [-0.4, -0.2) is 34.4 Å². The SMILES string of the molecule is CCOc1ccccc1NC(=O)C1=C(C)Nc2nc(SCc3ccccc3Cl)nn2C1c1ccc(OCc2c(Cl)cccc2Cl)c(OC)c1.